The summed E-state index contributed by atoms with van der Waals surface area (Å²) in [5.74, 6) is 0.952. The highest BCUT2D eigenvalue weighted by Crippen LogP contribution is 2.42. The number of rotatable bonds is 8. The number of thioether (sulfide) groups is 1. The van der Waals surface area contributed by atoms with Crippen LogP contribution in [0.4, 0.5) is 5.13 Å². The predicted octanol–water partition coefficient (Wildman–Crippen LogP) is 4.46. The van der Waals surface area contributed by atoms with Gasteiger partial charge in [-0.15, -0.1) is 11.3 Å². The number of nitrogens with zero attached hydrogens (tertiary/aromatic N) is 1. The number of anilines is 1. The van der Waals surface area contributed by atoms with Gasteiger partial charge in [0.2, 0.25) is 11.8 Å². The van der Waals surface area contributed by atoms with Crippen molar-refractivity contribution in [3.63, 3.8) is 0 Å². The van der Waals surface area contributed by atoms with Crippen molar-refractivity contribution in [2.24, 2.45) is 5.41 Å². The summed E-state index contributed by atoms with van der Waals surface area (Å²) in [5, 5.41) is 8.39. The Bertz CT molecular complexity index is 576. The van der Waals surface area contributed by atoms with Crippen LogP contribution in [0, 0.1) is 5.41 Å². The number of thiazole rings is 1. The van der Waals surface area contributed by atoms with Gasteiger partial charge in [-0.25, -0.2) is 4.98 Å². The zero-order chi connectivity index (χ0) is 19.0. The van der Waals surface area contributed by atoms with E-state index in [-0.39, 0.29) is 22.0 Å². The van der Waals surface area contributed by atoms with Crippen molar-refractivity contribution in [3.8, 4) is 0 Å². The van der Waals surface area contributed by atoms with Crippen molar-refractivity contribution in [1.29, 1.82) is 0 Å². The molecule has 0 bridgehead atoms. The molecular formula is C19H31N3O2S2. The maximum atomic E-state index is 12.5. The van der Waals surface area contributed by atoms with Crippen molar-refractivity contribution in [2.75, 3.05) is 17.6 Å². The number of carbonyl (C=O) groups excluding carboxylic acids is 2. The van der Waals surface area contributed by atoms with E-state index in [0.717, 1.165) is 31.4 Å². The van der Waals surface area contributed by atoms with Crippen LogP contribution in [-0.2, 0) is 9.59 Å². The Labute approximate surface area is 165 Å². The van der Waals surface area contributed by atoms with Crippen LogP contribution in [0.3, 0.4) is 0 Å². The van der Waals surface area contributed by atoms with Crippen molar-refractivity contribution in [1.82, 2.24) is 10.3 Å². The Kier molecular flexibility index (Phi) is 7.95. The molecule has 2 N–H and O–H groups in total. The van der Waals surface area contributed by atoms with E-state index in [1.807, 2.05) is 17.1 Å². The number of carbonyl (C=O) groups is 2. The highest BCUT2D eigenvalue weighted by Gasteiger charge is 2.36. The van der Waals surface area contributed by atoms with Crippen LogP contribution in [0.1, 0.15) is 65.7 Å². The fourth-order valence-corrected chi connectivity index (χ4v) is 4.82. The van der Waals surface area contributed by atoms with Crippen LogP contribution >= 0.6 is 23.1 Å². The van der Waals surface area contributed by atoms with E-state index in [4.69, 9.17) is 0 Å². The lowest BCUT2D eigenvalue weighted by molar-refractivity contribution is -0.125. The Morgan fingerprint density at radius 2 is 1.88 bits per heavy atom. The largest absolute Gasteiger partial charge is 0.355 e. The fraction of sp³-hybridized carbons (Fsp3) is 0.737. The summed E-state index contributed by atoms with van der Waals surface area (Å²) >= 11 is 3.27. The van der Waals surface area contributed by atoms with Crippen molar-refractivity contribution >= 4 is 40.0 Å². The van der Waals surface area contributed by atoms with Crippen LogP contribution in [0.2, 0.25) is 0 Å². The van der Waals surface area contributed by atoms with E-state index in [1.54, 1.807) is 6.20 Å². The highest BCUT2D eigenvalue weighted by atomic mass is 32.2. The lowest BCUT2D eigenvalue weighted by Crippen LogP contribution is -2.37. The summed E-state index contributed by atoms with van der Waals surface area (Å²) in [7, 11) is 0. The molecule has 1 aromatic heterocycles. The maximum Gasteiger partial charge on any atom is 0.226 e. The number of hydrogen-bond acceptors (Lipinski definition) is 5. The summed E-state index contributed by atoms with van der Waals surface area (Å²) in [4.78, 5) is 29.0. The Morgan fingerprint density at radius 3 is 2.50 bits per heavy atom. The molecule has 0 aromatic carbocycles. The van der Waals surface area contributed by atoms with E-state index in [0.29, 0.717) is 24.5 Å². The molecule has 0 spiro atoms. The molecule has 2 rings (SSSR count). The third-order valence-electron chi connectivity index (χ3n) is 4.62. The summed E-state index contributed by atoms with van der Waals surface area (Å²) < 4.78 is 0.212. The molecule has 1 heterocycles. The third kappa shape index (κ3) is 7.66. The summed E-state index contributed by atoms with van der Waals surface area (Å²) in [6.07, 6.45) is 7.80. The molecule has 0 unspecified atom stereocenters. The van der Waals surface area contributed by atoms with Gasteiger partial charge in [0.1, 0.15) is 0 Å². The van der Waals surface area contributed by atoms with Crippen LogP contribution in [0.15, 0.2) is 11.6 Å². The molecule has 0 saturated heterocycles. The fourth-order valence-electron chi connectivity index (χ4n) is 3.46. The molecule has 1 aliphatic carbocycles. The average molecular weight is 398 g/mol. The normalized spacial score (nSPS) is 16.9. The lowest BCUT2D eigenvalue weighted by Gasteiger charge is -2.36. The second-order valence-electron chi connectivity index (χ2n) is 8.11. The number of amides is 2. The van der Waals surface area contributed by atoms with Crippen molar-refractivity contribution < 1.29 is 9.59 Å². The minimum Gasteiger partial charge on any atom is -0.355 e. The van der Waals surface area contributed by atoms with Crippen LogP contribution < -0.4 is 10.6 Å². The molecule has 1 fully saturated rings. The summed E-state index contributed by atoms with van der Waals surface area (Å²) in [6, 6.07) is 0. The molecule has 0 aliphatic heterocycles. The Hall–Kier alpha value is -1.08. The second kappa shape index (κ2) is 9.74. The van der Waals surface area contributed by atoms with Gasteiger partial charge in [0.15, 0.2) is 5.13 Å². The van der Waals surface area contributed by atoms with Crippen LogP contribution in [0.25, 0.3) is 0 Å². The van der Waals surface area contributed by atoms with Gasteiger partial charge in [0, 0.05) is 41.5 Å². The smallest absolute Gasteiger partial charge is 0.226 e. The first-order valence-corrected chi connectivity index (χ1v) is 11.2. The lowest BCUT2D eigenvalue weighted by atomic mass is 9.69. The van der Waals surface area contributed by atoms with Crippen molar-refractivity contribution in [2.45, 2.75) is 70.5 Å². The van der Waals surface area contributed by atoms with Gasteiger partial charge >= 0.3 is 0 Å². The average Bonchev–Trinajstić information content (AvgIpc) is 3.04. The summed E-state index contributed by atoms with van der Waals surface area (Å²) in [5.41, 5.74) is -0.207. The van der Waals surface area contributed by atoms with E-state index >= 15 is 0 Å². The second-order valence-corrected chi connectivity index (χ2v) is 10.9. The number of hydrogen-bond donors (Lipinski definition) is 2. The molecule has 1 aliphatic rings. The molecule has 5 nitrogen and oxygen atoms in total. The molecule has 1 saturated carbocycles. The standard InChI is InChI=1S/C19H31N3O2S2/c1-18(2,3)26-12-10-20-15(23)13-19(7-5-4-6-8-19)14-16(24)22-17-21-9-11-25-17/h9,11H,4-8,10,12-14H2,1-3H3,(H,20,23)(H,21,22,24). The molecule has 0 atom stereocenters. The van der Waals surface area contributed by atoms with E-state index in [9.17, 15) is 9.59 Å². The Balaban J connectivity index is 1.85. The molecule has 26 heavy (non-hydrogen) atoms. The van der Waals surface area contributed by atoms with Crippen LogP contribution in [0.5, 0.6) is 0 Å². The maximum absolute atomic E-state index is 12.5. The van der Waals surface area contributed by atoms with Gasteiger partial charge < -0.3 is 10.6 Å². The van der Waals surface area contributed by atoms with Gasteiger partial charge in [-0.2, -0.15) is 11.8 Å². The zero-order valence-electron chi connectivity index (χ0n) is 16.1. The van der Waals surface area contributed by atoms with Gasteiger partial charge in [-0.3, -0.25) is 9.59 Å². The minimum atomic E-state index is -0.207. The summed E-state index contributed by atoms with van der Waals surface area (Å²) in [6.45, 7) is 7.22. The molecule has 1 aromatic rings. The van der Waals surface area contributed by atoms with Gasteiger partial charge in [-0.1, -0.05) is 40.0 Å². The SMILES string of the molecule is CC(C)(C)SCCNC(=O)CC1(CC(=O)Nc2nccs2)CCCCC1. The Morgan fingerprint density at radius 1 is 1.19 bits per heavy atom. The van der Waals surface area contributed by atoms with Crippen LogP contribution in [-0.4, -0.2) is 33.8 Å². The number of aromatic nitrogens is 1. The predicted molar refractivity (Wildman–Crippen MR) is 111 cm³/mol. The van der Waals surface area contributed by atoms with E-state index < -0.39 is 0 Å². The molecular weight excluding hydrogens is 366 g/mol. The molecule has 0 radical (unpaired) electrons. The molecule has 7 heteroatoms. The number of nitrogens with one attached hydrogen (secondary N) is 2. The van der Waals surface area contributed by atoms with Gasteiger partial charge in [0.25, 0.3) is 0 Å². The highest BCUT2D eigenvalue weighted by molar-refractivity contribution is 8.00. The van der Waals surface area contributed by atoms with E-state index in [2.05, 4.69) is 36.4 Å². The topological polar surface area (TPSA) is 71.1 Å². The first-order valence-electron chi connectivity index (χ1n) is 9.38. The quantitative estimate of drug-likeness (QED) is 0.635. The molecule has 146 valence electrons. The first-order chi connectivity index (χ1) is 12.3. The third-order valence-corrected chi connectivity index (χ3v) is 6.59. The van der Waals surface area contributed by atoms with Gasteiger partial charge in [0.05, 0.1) is 0 Å². The first kappa shape index (κ1) is 21.2. The van der Waals surface area contributed by atoms with E-state index in [1.165, 1.54) is 17.8 Å². The van der Waals surface area contributed by atoms with Gasteiger partial charge in [-0.05, 0) is 18.3 Å². The minimum absolute atomic E-state index is 0.0297. The monoisotopic (exact) mass is 397 g/mol. The van der Waals surface area contributed by atoms with Crippen molar-refractivity contribution in [3.05, 3.63) is 11.6 Å². The zero-order valence-corrected chi connectivity index (χ0v) is 17.7. The molecule has 2 amide bonds.